The molecule has 490 valence electrons. The molecule has 3 aliphatic heterocycles. The van der Waals surface area contributed by atoms with Crippen LogP contribution in [0.4, 0.5) is 0 Å². The molecule has 3 aliphatic rings. The molecule has 0 aromatic rings. The number of hydrogen-bond donors (Lipinski definition) is 12. The van der Waals surface area contributed by atoms with E-state index in [0.29, 0.717) is 12.8 Å². The molecule has 0 saturated carbocycles. The van der Waals surface area contributed by atoms with E-state index in [-0.39, 0.29) is 18.9 Å². The van der Waals surface area contributed by atoms with Crippen molar-refractivity contribution in [3.05, 3.63) is 48.6 Å². The lowest BCUT2D eigenvalue weighted by atomic mass is 9.96. The molecule has 0 aromatic carbocycles. The van der Waals surface area contributed by atoms with Gasteiger partial charge in [0.05, 0.1) is 38.6 Å². The third-order valence-electron chi connectivity index (χ3n) is 16.3. The van der Waals surface area contributed by atoms with E-state index in [9.17, 15) is 61.0 Å². The first kappa shape index (κ1) is 76.0. The van der Waals surface area contributed by atoms with Crippen molar-refractivity contribution in [3.8, 4) is 0 Å². The molecule has 0 aliphatic carbocycles. The van der Waals surface area contributed by atoms with Gasteiger partial charge in [0, 0.05) is 6.42 Å². The van der Waals surface area contributed by atoms with Crippen molar-refractivity contribution in [2.45, 2.75) is 330 Å². The van der Waals surface area contributed by atoms with Crippen LogP contribution in [0.25, 0.3) is 0 Å². The monoisotopic (exact) mass is 1200 g/mol. The zero-order chi connectivity index (χ0) is 61.2. The molecule has 12 N–H and O–H groups in total. The molecule has 3 heterocycles. The van der Waals surface area contributed by atoms with E-state index < -0.39 is 124 Å². The fourth-order valence-electron chi connectivity index (χ4n) is 10.9. The van der Waals surface area contributed by atoms with E-state index in [1.54, 1.807) is 6.08 Å². The Labute approximate surface area is 503 Å². The molecule has 19 nitrogen and oxygen atoms in total. The second kappa shape index (κ2) is 47.7. The zero-order valence-corrected chi connectivity index (χ0v) is 51.4. The van der Waals surface area contributed by atoms with Gasteiger partial charge in [-0.15, -0.1) is 0 Å². The second-order valence-electron chi connectivity index (χ2n) is 23.6. The molecule has 3 fully saturated rings. The maximum Gasteiger partial charge on any atom is 0.220 e. The van der Waals surface area contributed by atoms with Gasteiger partial charge in [0.25, 0.3) is 0 Å². The molecule has 3 rings (SSSR count). The number of hydrogen-bond acceptors (Lipinski definition) is 18. The van der Waals surface area contributed by atoms with Crippen molar-refractivity contribution in [3.63, 3.8) is 0 Å². The number of aliphatic hydroxyl groups is 11. The second-order valence-corrected chi connectivity index (χ2v) is 23.6. The van der Waals surface area contributed by atoms with Gasteiger partial charge >= 0.3 is 0 Å². The third-order valence-corrected chi connectivity index (χ3v) is 16.3. The van der Waals surface area contributed by atoms with Gasteiger partial charge in [-0.2, -0.15) is 0 Å². The van der Waals surface area contributed by atoms with Crippen molar-refractivity contribution in [2.24, 2.45) is 0 Å². The first-order valence-electron chi connectivity index (χ1n) is 32.9. The molecular formula is C65H117NO18. The predicted molar refractivity (Wildman–Crippen MR) is 323 cm³/mol. The largest absolute Gasteiger partial charge is 0.394 e. The number of aliphatic hydroxyl groups excluding tert-OH is 11. The third kappa shape index (κ3) is 30.3. The SMILES string of the molecule is CCCCC/C=C\C/C=C\CCCCCCCCCC(=O)NC(COC1OC(CO)C(OC2OC(CO)C(OC3OC(CO)C(O)C(O)C3O)C(O)C2O)C(O)C1O)C(O)/C=C/CC/C=C/CCCCCCCCCCCCCCCCCC. The smallest absolute Gasteiger partial charge is 0.220 e. The van der Waals surface area contributed by atoms with E-state index in [0.717, 1.165) is 77.0 Å². The van der Waals surface area contributed by atoms with Gasteiger partial charge in [-0.1, -0.05) is 204 Å². The summed E-state index contributed by atoms with van der Waals surface area (Å²) in [5, 5.41) is 120. The highest BCUT2D eigenvalue weighted by atomic mass is 16.8. The molecule has 1 amide bonds. The summed E-state index contributed by atoms with van der Waals surface area (Å²) in [4.78, 5) is 13.4. The van der Waals surface area contributed by atoms with Crippen LogP contribution in [0, 0.1) is 0 Å². The predicted octanol–water partition coefficient (Wildman–Crippen LogP) is 7.43. The minimum absolute atomic E-state index is 0.226. The van der Waals surface area contributed by atoms with Gasteiger partial charge in [-0.25, -0.2) is 0 Å². The Morgan fingerprint density at radius 1 is 0.429 bits per heavy atom. The van der Waals surface area contributed by atoms with Crippen LogP contribution in [0.2, 0.25) is 0 Å². The minimum Gasteiger partial charge on any atom is -0.394 e. The number of unbranched alkanes of at least 4 members (excludes halogenated alkanes) is 27. The van der Waals surface area contributed by atoms with E-state index in [2.05, 4.69) is 55.6 Å². The Bertz CT molecular complexity index is 1720. The van der Waals surface area contributed by atoms with E-state index in [4.69, 9.17) is 28.4 Å². The van der Waals surface area contributed by atoms with E-state index in [1.165, 1.54) is 116 Å². The number of amides is 1. The van der Waals surface area contributed by atoms with Gasteiger partial charge in [0.2, 0.25) is 5.91 Å². The van der Waals surface area contributed by atoms with Crippen LogP contribution in [-0.4, -0.2) is 193 Å². The standard InChI is InChI=1S/C65H117NO18/c1-3-5-7-9-11-13-15-17-19-21-22-23-24-25-27-28-30-32-34-36-38-40-42-49(70)48(66-53(71)43-41-39-37-35-33-31-29-26-20-18-16-14-12-10-8-6-4-2)47-79-63-59(77)56(74)61(51(45-68)81-63)84-65-60(78)57(75)62(52(46-69)82-65)83-64-58(76)55(73)54(72)50(44-67)80-64/h12,14,18,20,32,34,40,42,48-52,54-65,67-70,72-78H,3-11,13,15-17,19,21-31,33,35-39,41,43-47H2,1-2H3,(H,66,71)/b14-12-,20-18-,34-32+,42-40+. The lowest BCUT2D eigenvalue weighted by Crippen LogP contribution is -2.66. The average Bonchev–Trinajstić information content (AvgIpc) is 2.82. The van der Waals surface area contributed by atoms with Gasteiger partial charge < -0.3 is 89.9 Å². The maximum atomic E-state index is 13.4. The lowest BCUT2D eigenvalue weighted by Gasteiger charge is -2.48. The summed E-state index contributed by atoms with van der Waals surface area (Å²) in [6, 6.07) is -0.995. The molecule has 0 radical (unpaired) electrons. The van der Waals surface area contributed by atoms with Gasteiger partial charge in [0.1, 0.15) is 73.2 Å². The highest BCUT2D eigenvalue weighted by molar-refractivity contribution is 5.76. The molecule has 0 spiro atoms. The molecule has 0 aromatic heterocycles. The van der Waals surface area contributed by atoms with Crippen LogP contribution in [-0.2, 0) is 33.2 Å². The number of carbonyl (C=O) groups excluding carboxylic acids is 1. The van der Waals surface area contributed by atoms with Crippen molar-refractivity contribution in [2.75, 3.05) is 26.4 Å². The summed E-state index contributed by atoms with van der Waals surface area (Å²) in [6.07, 6.45) is 28.0. The molecule has 17 atom stereocenters. The van der Waals surface area contributed by atoms with E-state index >= 15 is 0 Å². The molecule has 3 saturated heterocycles. The minimum atomic E-state index is -1.98. The van der Waals surface area contributed by atoms with Crippen LogP contribution in [0.3, 0.4) is 0 Å². The summed E-state index contributed by atoms with van der Waals surface area (Å²) >= 11 is 0. The van der Waals surface area contributed by atoms with Crippen LogP contribution < -0.4 is 5.32 Å². The summed E-state index contributed by atoms with van der Waals surface area (Å²) in [6.45, 7) is 1.68. The Kier molecular flexibility index (Phi) is 43.2. The summed E-state index contributed by atoms with van der Waals surface area (Å²) in [5.74, 6) is -0.294. The lowest BCUT2D eigenvalue weighted by molar-refractivity contribution is -0.379. The molecular weight excluding hydrogens is 1080 g/mol. The summed E-state index contributed by atoms with van der Waals surface area (Å²) in [5.41, 5.74) is 0. The Morgan fingerprint density at radius 3 is 1.29 bits per heavy atom. The Hall–Kier alpha value is -2.25. The number of nitrogens with one attached hydrogen (secondary N) is 1. The van der Waals surface area contributed by atoms with Crippen molar-refractivity contribution in [1.82, 2.24) is 5.32 Å². The fourth-order valence-corrected chi connectivity index (χ4v) is 10.9. The van der Waals surface area contributed by atoms with Crippen molar-refractivity contribution >= 4 is 5.91 Å². The molecule has 84 heavy (non-hydrogen) atoms. The first-order chi connectivity index (χ1) is 40.8. The van der Waals surface area contributed by atoms with Crippen molar-refractivity contribution < 1.29 is 89.4 Å². The Morgan fingerprint density at radius 2 is 0.798 bits per heavy atom. The first-order valence-corrected chi connectivity index (χ1v) is 32.9. The molecule has 19 heteroatoms. The van der Waals surface area contributed by atoms with Gasteiger partial charge in [-0.3, -0.25) is 4.79 Å². The summed E-state index contributed by atoms with van der Waals surface area (Å²) < 4.78 is 34.3. The van der Waals surface area contributed by atoms with Crippen LogP contribution in [0.15, 0.2) is 48.6 Å². The topological polar surface area (TPSA) is 307 Å². The highest BCUT2D eigenvalue weighted by Crippen LogP contribution is 2.33. The quantitative estimate of drug-likeness (QED) is 0.0208. The normalized spacial score (nSPS) is 29.5. The van der Waals surface area contributed by atoms with E-state index in [1.807, 2.05) is 6.08 Å². The average molecular weight is 1200 g/mol. The highest BCUT2D eigenvalue weighted by Gasteiger charge is 2.53. The molecule has 17 unspecified atom stereocenters. The number of ether oxygens (including phenoxy) is 6. The van der Waals surface area contributed by atoms with Crippen molar-refractivity contribution in [1.29, 1.82) is 0 Å². The van der Waals surface area contributed by atoms with Gasteiger partial charge in [0.15, 0.2) is 18.9 Å². The maximum absolute atomic E-state index is 13.4. The zero-order valence-electron chi connectivity index (χ0n) is 51.4. The van der Waals surface area contributed by atoms with Gasteiger partial charge in [-0.05, 0) is 64.2 Å². The van der Waals surface area contributed by atoms with Crippen LogP contribution in [0.5, 0.6) is 0 Å². The van der Waals surface area contributed by atoms with Crippen LogP contribution >= 0.6 is 0 Å². The fraction of sp³-hybridized carbons (Fsp3) is 0.862. The molecule has 0 bridgehead atoms. The number of rotatable bonds is 49. The number of allylic oxidation sites excluding steroid dienone is 7. The Balaban J connectivity index is 1.49. The van der Waals surface area contributed by atoms with Crippen LogP contribution in [0.1, 0.15) is 226 Å². The number of carbonyl (C=O) groups is 1. The summed E-state index contributed by atoms with van der Waals surface area (Å²) in [7, 11) is 0.